The van der Waals surface area contributed by atoms with Gasteiger partial charge in [-0.3, -0.25) is 4.79 Å². The van der Waals surface area contributed by atoms with Crippen LogP contribution in [0.4, 0.5) is 0 Å². The third kappa shape index (κ3) is 2.26. The van der Waals surface area contributed by atoms with E-state index in [1.54, 1.807) is 11.3 Å². The zero-order chi connectivity index (χ0) is 10.8. The highest BCUT2D eigenvalue weighted by molar-refractivity contribution is 7.13. The van der Waals surface area contributed by atoms with E-state index in [0.29, 0.717) is 5.92 Å². The van der Waals surface area contributed by atoms with Crippen LogP contribution in [0.2, 0.25) is 0 Å². The molecule has 0 radical (unpaired) electrons. The quantitative estimate of drug-likeness (QED) is 0.721. The number of likely N-dealkylation sites (N-methyl/N-ethyl adjacent to an activating group) is 1. The standard InChI is InChI=1S/C11H16N2OS/c1-8-10(7-14)15-11(12-8)9-4-3-5-13(2)6-9/h7,9H,3-6H2,1-2H3. The summed E-state index contributed by atoms with van der Waals surface area (Å²) >= 11 is 1.56. The predicted octanol–water partition coefficient (Wildman–Crippen LogP) is 2.07. The molecule has 0 spiro atoms. The summed E-state index contributed by atoms with van der Waals surface area (Å²) in [5.74, 6) is 0.529. The number of aldehydes is 1. The van der Waals surface area contributed by atoms with Crippen LogP contribution in [0.1, 0.15) is 39.1 Å². The lowest BCUT2D eigenvalue weighted by Crippen LogP contribution is -2.30. The number of hydrogen-bond acceptors (Lipinski definition) is 4. The molecule has 2 heterocycles. The van der Waals surface area contributed by atoms with E-state index in [1.165, 1.54) is 19.4 Å². The van der Waals surface area contributed by atoms with Crippen LogP contribution in [0.25, 0.3) is 0 Å². The number of rotatable bonds is 2. The second-order valence-corrected chi connectivity index (χ2v) is 5.28. The van der Waals surface area contributed by atoms with Gasteiger partial charge in [0.1, 0.15) is 0 Å². The zero-order valence-electron chi connectivity index (χ0n) is 9.19. The van der Waals surface area contributed by atoms with Crippen molar-refractivity contribution in [2.75, 3.05) is 20.1 Å². The lowest BCUT2D eigenvalue weighted by atomic mass is 9.99. The molecule has 0 amide bonds. The molecular formula is C11H16N2OS. The summed E-state index contributed by atoms with van der Waals surface area (Å²) in [6.45, 7) is 4.17. The topological polar surface area (TPSA) is 33.2 Å². The fourth-order valence-electron chi connectivity index (χ4n) is 2.08. The minimum atomic E-state index is 0.529. The number of piperidine rings is 1. The van der Waals surface area contributed by atoms with E-state index in [2.05, 4.69) is 16.9 Å². The van der Waals surface area contributed by atoms with E-state index in [0.717, 1.165) is 28.4 Å². The molecule has 3 nitrogen and oxygen atoms in total. The largest absolute Gasteiger partial charge is 0.306 e. The number of likely N-dealkylation sites (tertiary alicyclic amines) is 1. The molecule has 1 aromatic rings. The van der Waals surface area contributed by atoms with E-state index in [-0.39, 0.29) is 0 Å². The molecule has 82 valence electrons. The molecule has 2 rings (SSSR count). The first-order valence-electron chi connectivity index (χ1n) is 5.31. The number of thiazole rings is 1. The third-order valence-electron chi connectivity index (χ3n) is 2.93. The Morgan fingerprint density at radius 2 is 2.40 bits per heavy atom. The van der Waals surface area contributed by atoms with Gasteiger partial charge in [-0.25, -0.2) is 4.98 Å². The number of carbonyl (C=O) groups excluding carboxylic acids is 1. The Morgan fingerprint density at radius 1 is 1.60 bits per heavy atom. The first kappa shape index (κ1) is 10.8. The SMILES string of the molecule is Cc1nc(C2CCCN(C)C2)sc1C=O. The van der Waals surface area contributed by atoms with Gasteiger partial charge in [0.05, 0.1) is 15.6 Å². The fourth-order valence-corrected chi connectivity index (χ4v) is 3.09. The summed E-state index contributed by atoms with van der Waals surface area (Å²) < 4.78 is 0. The van der Waals surface area contributed by atoms with Crippen molar-refractivity contribution in [1.29, 1.82) is 0 Å². The average molecular weight is 224 g/mol. The molecule has 1 atom stereocenters. The number of aryl methyl sites for hydroxylation is 1. The number of aromatic nitrogens is 1. The van der Waals surface area contributed by atoms with E-state index in [4.69, 9.17) is 0 Å². The molecule has 15 heavy (non-hydrogen) atoms. The van der Waals surface area contributed by atoms with Gasteiger partial charge in [-0.05, 0) is 33.4 Å². The molecule has 4 heteroatoms. The van der Waals surface area contributed by atoms with Gasteiger partial charge in [-0.1, -0.05) is 0 Å². The molecular weight excluding hydrogens is 208 g/mol. The second kappa shape index (κ2) is 4.41. The average Bonchev–Trinajstić information content (AvgIpc) is 2.60. The van der Waals surface area contributed by atoms with Crippen molar-refractivity contribution >= 4 is 17.6 Å². The first-order chi connectivity index (χ1) is 7.20. The van der Waals surface area contributed by atoms with Gasteiger partial charge in [0.2, 0.25) is 0 Å². The molecule has 0 saturated carbocycles. The Labute approximate surface area is 94.1 Å². The van der Waals surface area contributed by atoms with Crippen LogP contribution in [0.5, 0.6) is 0 Å². The molecule has 1 unspecified atom stereocenters. The van der Waals surface area contributed by atoms with E-state index in [1.807, 2.05) is 6.92 Å². The second-order valence-electron chi connectivity index (χ2n) is 4.22. The molecule has 1 saturated heterocycles. The van der Waals surface area contributed by atoms with Crippen molar-refractivity contribution in [3.8, 4) is 0 Å². The number of nitrogens with zero attached hydrogens (tertiary/aromatic N) is 2. The maximum Gasteiger partial charge on any atom is 0.161 e. The third-order valence-corrected chi connectivity index (χ3v) is 4.18. The smallest absolute Gasteiger partial charge is 0.161 e. The summed E-state index contributed by atoms with van der Waals surface area (Å²) in [6, 6.07) is 0. The Kier molecular flexibility index (Phi) is 3.17. The van der Waals surface area contributed by atoms with Crippen LogP contribution in [0.15, 0.2) is 0 Å². The van der Waals surface area contributed by atoms with Gasteiger partial charge in [0.25, 0.3) is 0 Å². The van der Waals surface area contributed by atoms with Crippen molar-refractivity contribution in [2.45, 2.75) is 25.7 Å². The van der Waals surface area contributed by atoms with Crippen LogP contribution in [0, 0.1) is 6.92 Å². The molecule has 0 bridgehead atoms. The molecule has 1 aliphatic heterocycles. The Morgan fingerprint density at radius 3 is 3.00 bits per heavy atom. The monoisotopic (exact) mass is 224 g/mol. The van der Waals surface area contributed by atoms with Crippen LogP contribution >= 0.6 is 11.3 Å². The summed E-state index contributed by atoms with van der Waals surface area (Å²) in [4.78, 5) is 18.4. The first-order valence-corrected chi connectivity index (χ1v) is 6.13. The van der Waals surface area contributed by atoms with Crippen molar-refractivity contribution < 1.29 is 4.79 Å². The molecule has 1 aliphatic rings. The number of carbonyl (C=O) groups is 1. The summed E-state index contributed by atoms with van der Waals surface area (Å²) in [7, 11) is 2.15. The highest BCUT2D eigenvalue weighted by atomic mass is 32.1. The Hall–Kier alpha value is -0.740. The van der Waals surface area contributed by atoms with Gasteiger partial charge >= 0.3 is 0 Å². The molecule has 1 fully saturated rings. The van der Waals surface area contributed by atoms with Crippen molar-refractivity contribution in [3.63, 3.8) is 0 Å². The van der Waals surface area contributed by atoms with Crippen LogP contribution < -0.4 is 0 Å². The lowest BCUT2D eigenvalue weighted by Gasteiger charge is -2.28. The summed E-state index contributed by atoms with van der Waals surface area (Å²) in [6.07, 6.45) is 3.36. The van der Waals surface area contributed by atoms with Crippen LogP contribution in [-0.4, -0.2) is 36.3 Å². The predicted molar refractivity (Wildman–Crippen MR) is 61.7 cm³/mol. The van der Waals surface area contributed by atoms with Crippen LogP contribution in [0.3, 0.4) is 0 Å². The van der Waals surface area contributed by atoms with E-state index >= 15 is 0 Å². The van der Waals surface area contributed by atoms with Crippen molar-refractivity contribution in [3.05, 3.63) is 15.6 Å². The summed E-state index contributed by atoms with van der Waals surface area (Å²) in [5.41, 5.74) is 0.887. The summed E-state index contributed by atoms with van der Waals surface area (Å²) in [5, 5.41) is 1.14. The van der Waals surface area contributed by atoms with Crippen molar-refractivity contribution in [2.24, 2.45) is 0 Å². The highest BCUT2D eigenvalue weighted by Crippen LogP contribution is 2.30. The maximum atomic E-state index is 10.7. The van der Waals surface area contributed by atoms with Gasteiger partial charge < -0.3 is 4.90 Å². The fraction of sp³-hybridized carbons (Fsp3) is 0.636. The minimum Gasteiger partial charge on any atom is -0.306 e. The van der Waals surface area contributed by atoms with E-state index < -0.39 is 0 Å². The van der Waals surface area contributed by atoms with Gasteiger partial charge in [-0.2, -0.15) is 0 Å². The molecule has 0 aromatic carbocycles. The van der Waals surface area contributed by atoms with Gasteiger partial charge in [0.15, 0.2) is 6.29 Å². The van der Waals surface area contributed by atoms with Crippen molar-refractivity contribution in [1.82, 2.24) is 9.88 Å². The zero-order valence-corrected chi connectivity index (χ0v) is 10.0. The maximum absolute atomic E-state index is 10.7. The lowest BCUT2D eigenvalue weighted by molar-refractivity contribution is 0.112. The van der Waals surface area contributed by atoms with Crippen LogP contribution in [-0.2, 0) is 0 Å². The number of hydrogen-bond donors (Lipinski definition) is 0. The molecule has 0 N–H and O–H groups in total. The Bertz CT molecular complexity index is 361. The minimum absolute atomic E-state index is 0.529. The highest BCUT2D eigenvalue weighted by Gasteiger charge is 2.22. The van der Waals surface area contributed by atoms with Gasteiger partial charge in [0, 0.05) is 12.5 Å². The van der Waals surface area contributed by atoms with E-state index in [9.17, 15) is 4.79 Å². The van der Waals surface area contributed by atoms with Gasteiger partial charge in [-0.15, -0.1) is 11.3 Å². The molecule has 1 aromatic heterocycles. The Balaban J connectivity index is 2.17. The molecule has 0 aliphatic carbocycles. The normalized spacial score (nSPS) is 22.9.